The number of anilines is 1. The van der Waals surface area contributed by atoms with Crippen LogP contribution in [0.15, 0.2) is 78.9 Å². The number of carbonyl (C=O) groups excluding carboxylic acids is 2. The SMILES string of the molecule is CNC(=O)[C@H](Cc1ccccc1)N(Cc1ccccc1Cl)C(=O)CN(c1ccccc1C(C)C)S(C)(=O)=O. The van der Waals surface area contributed by atoms with Gasteiger partial charge < -0.3 is 10.2 Å². The second-order valence-corrected chi connectivity index (χ2v) is 11.7. The molecular formula is C29H34ClN3O4S. The van der Waals surface area contributed by atoms with Crippen molar-refractivity contribution in [2.45, 2.75) is 38.8 Å². The van der Waals surface area contributed by atoms with Crippen molar-refractivity contribution in [1.82, 2.24) is 10.2 Å². The van der Waals surface area contributed by atoms with Crippen LogP contribution in [-0.2, 0) is 32.6 Å². The van der Waals surface area contributed by atoms with Gasteiger partial charge in [0.2, 0.25) is 21.8 Å². The van der Waals surface area contributed by atoms with Crippen molar-refractivity contribution in [2.75, 3.05) is 24.2 Å². The number of nitrogens with zero attached hydrogens (tertiary/aromatic N) is 2. The van der Waals surface area contributed by atoms with Crippen LogP contribution in [0.1, 0.15) is 36.5 Å². The molecule has 0 saturated carbocycles. The number of benzene rings is 3. The van der Waals surface area contributed by atoms with E-state index < -0.39 is 28.5 Å². The van der Waals surface area contributed by atoms with Gasteiger partial charge in [-0.2, -0.15) is 0 Å². The minimum atomic E-state index is -3.83. The number of rotatable bonds is 11. The normalized spacial score (nSPS) is 12.2. The molecule has 1 N–H and O–H groups in total. The number of sulfonamides is 1. The van der Waals surface area contributed by atoms with Gasteiger partial charge in [-0.1, -0.05) is 92.2 Å². The van der Waals surface area contributed by atoms with Gasteiger partial charge in [0, 0.05) is 25.0 Å². The minimum absolute atomic E-state index is 0.0291. The highest BCUT2D eigenvalue weighted by Crippen LogP contribution is 2.29. The van der Waals surface area contributed by atoms with Crippen molar-refractivity contribution >= 4 is 39.1 Å². The van der Waals surface area contributed by atoms with Gasteiger partial charge in [0.05, 0.1) is 11.9 Å². The number of amides is 2. The molecule has 0 aliphatic carbocycles. The van der Waals surface area contributed by atoms with E-state index in [1.165, 1.54) is 11.9 Å². The second-order valence-electron chi connectivity index (χ2n) is 9.42. The third-order valence-electron chi connectivity index (χ3n) is 6.32. The quantitative estimate of drug-likeness (QED) is 0.374. The average molecular weight is 556 g/mol. The van der Waals surface area contributed by atoms with Crippen LogP contribution < -0.4 is 9.62 Å². The van der Waals surface area contributed by atoms with E-state index in [-0.39, 0.29) is 24.8 Å². The molecule has 0 bridgehead atoms. The van der Waals surface area contributed by atoms with Gasteiger partial charge in [0.25, 0.3) is 0 Å². The Morgan fingerprint density at radius 2 is 1.53 bits per heavy atom. The molecule has 0 heterocycles. The number of hydrogen-bond acceptors (Lipinski definition) is 4. The van der Waals surface area contributed by atoms with Crippen molar-refractivity contribution in [2.24, 2.45) is 0 Å². The van der Waals surface area contributed by atoms with Gasteiger partial charge in [-0.25, -0.2) is 8.42 Å². The Kier molecular flexibility index (Phi) is 9.94. The van der Waals surface area contributed by atoms with Crippen LogP contribution in [0.25, 0.3) is 0 Å². The molecule has 0 aliphatic rings. The first-order valence-corrected chi connectivity index (χ1v) is 14.6. The molecule has 2 amide bonds. The van der Waals surface area contributed by atoms with Gasteiger partial charge in [-0.05, 0) is 34.7 Å². The Bertz CT molecular complexity index is 1360. The van der Waals surface area contributed by atoms with E-state index in [1.54, 1.807) is 36.4 Å². The van der Waals surface area contributed by atoms with Crippen LogP contribution in [0.3, 0.4) is 0 Å². The summed E-state index contributed by atoms with van der Waals surface area (Å²) in [5, 5.41) is 3.11. The monoisotopic (exact) mass is 555 g/mol. The molecule has 3 aromatic carbocycles. The lowest BCUT2D eigenvalue weighted by Gasteiger charge is -2.34. The predicted octanol–water partition coefficient (Wildman–Crippen LogP) is 4.62. The number of para-hydroxylation sites is 1. The van der Waals surface area contributed by atoms with Crippen LogP contribution >= 0.6 is 11.6 Å². The summed E-state index contributed by atoms with van der Waals surface area (Å²) in [5.41, 5.74) is 2.76. The van der Waals surface area contributed by atoms with Crippen LogP contribution in [0.4, 0.5) is 5.69 Å². The molecule has 0 aliphatic heterocycles. The molecule has 202 valence electrons. The lowest BCUT2D eigenvalue weighted by molar-refractivity contribution is -0.139. The maximum Gasteiger partial charge on any atom is 0.244 e. The maximum absolute atomic E-state index is 14.0. The summed E-state index contributed by atoms with van der Waals surface area (Å²) in [6.07, 6.45) is 1.33. The number of halogens is 1. The molecule has 9 heteroatoms. The standard InChI is InChI=1S/C29H34ClN3O4S/c1-21(2)24-15-9-11-17-26(24)33(38(4,36)37)20-28(34)32(19-23-14-8-10-16-25(23)30)27(29(35)31-3)18-22-12-6-5-7-13-22/h5-17,21,27H,18-20H2,1-4H3,(H,31,35)/t27-/m0/s1. The van der Waals surface area contributed by atoms with E-state index in [0.29, 0.717) is 16.3 Å². The molecule has 0 saturated heterocycles. The van der Waals surface area contributed by atoms with Crippen LogP contribution in [-0.4, -0.2) is 51.0 Å². The van der Waals surface area contributed by atoms with E-state index in [1.807, 2.05) is 56.3 Å². The third kappa shape index (κ3) is 7.36. The predicted molar refractivity (Wildman–Crippen MR) is 153 cm³/mol. The fraction of sp³-hybridized carbons (Fsp3) is 0.310. The topological polar surface area (TPSA) is 86.8 Å². The minimum Gasteiger partial charge on any atom is -0.357 e. The van der Waals surface area contributed by atoms with Gasteiger partial charge in [-0.3, -0.25) is 13.9 Å². The van der Waals surface area contributed by atoms with Crippen LogP contribution in [0.2, 0.25) is 5.02 Å². The fourth-order valence-corrected chi connectivity index (χ4v) is 5.39. The van der Waals surface area contributed by atoms with Crippen molar-refractivity contribution < 1.29 is 18.0 Å². The smallest absolute Gasteiger partial charge is 0.244 e. The van der Waals surface area contributed by atoms with E-state index in [9.17, 15) is 18.0 Å². The molecule has 1 atom stereocenters. The Labute approximate surface area is 230 Å². The zero-order valence-electron chi connectivity index (χ0n) is 22.1. The van der Waals surface area contributed by atoms with Gasteiger partial charge in [0.15, 0.2) is 0 Å². The first kappa shape index (κ1) is 29.2. The first-order chi connectivity index (χ1) is 18.0. The van der Waals surface area contributed by atoms with Gasteiger partial charge in [0.1, 0.15) is 12.6 Å². The Morgan fingerprint density at radius 1 is 0.921 bits per heavy atom. The van der Waals surface area contributed by atoms with E-state index in [4.69, 9.17) is 11.6 Å². The second kappa shape index (κ2) is 12.9. The summed E-state index contributed by atoms with van der Waals surface area (Å²) in [7, 11) is -2.32. The lowest BCUT2D eigenvalue weighted by Crippen LogP contribution is -2.53. The summed E-state index contributed by atoms with van der Waals surface area (Å²) in [6, 6.07) is 22.7. The highest BCUT2D eigenvalue weighted by atomic mass is 35.5. The molecule has 3 aromatic rings. The molecule has 0 unspecified atom stereocenters. The summed E-state index contributed by atoms with van der Waals surface area (Å²) in [5.74, 6) is -0.845. The Balaban J connectivity index is 2.08. The first-order valence-electron chi connectivity index (χ1n) is 12.4. The summed E-state index contributed by atoms with van der Waals surface area (Å²) in [4.78, 5) is 28.6. The van der Waals surface area contributed by atoms with Crippen molar-refractivity contribution in [3.63, 3.8) is 0 Å². The zero-order chi connectivity index (χ0) is 27.9. The number of hydrogen-bond donors (Lipinski definition) is 1. The van der Waals surface area contributed by atoms with Crippen molar-refractivity contribution in [3.8, 4) is 0 Å². The van der Waals surface area contributed by atoms with E-state index in [2.05, 4.69) is 5.32 Å². The zero-order valence-corrected chi connectivity index (χ0v) is 23.7. The molecule has 0 fully saturated rings. The number of likely N-dealkylation sites (N-methyl/N-ethyl adjacent to an activating group) is 1. The van der Waals surface area contributed by atoms with Gasteiger partial charge >= 0.3 is 0 Å². The molecule has 0 spiro atoms. The summed E-state index contributed by atoms with van der Waals surface area (Å²) < 4.78 is 27.1. The molecule has 7 nitrogen and oxygen atoms in total. The molecule has 3 rings (SSSR count). The van der Waals surface area contributed by atoms with Gasteiger partial charge in [-0.15, -0.1) is 0 Å². The lowest BCUT2D eigenvalue weighted by atomic mass is 10.0. The van der Waals surface area contributed by atoms with Crippen molar-refractivity contribution in [1.29, 1.82) is 0 Å². The highest BCUT2D eigenvalue weighted by Gasteiger charge is 2.33. The molecule has 0 radical (unpaired) electrons. The molecular weight excluding hydrogens is 522 g/mol. The van der Waals surface area contributed by atoms with Crippen molar-refractivity contribution in [3.05, 3.63) is 101 Å². The fourth-order valence-electron chi connectivity index (χ4n) is 4.33. The van der Waals surface area contributed by atoms with Crippen LogP contribution in [0, 0.1) is 0 Å². The van der Waals surface area contributed by atoms with Crippen LogP contribution in [0.5, 0.6) is 0 Å². The van der Waals surface area contributed by atoms with E-state index >= 15 is 0 Å². The molecule has 38 heavy (non-hydrogen) atoms. The summed E-state index contributed by atoms with van der Waals surface area (Å²) >= 11 is 6.44. The summed E-state index contributed by atoms with van der Waals surface area (Å²) in [6.45, 7) is 3.50. The van der Waals surface area contributed by atoms with E-state index in [0.717, 1.165) is 21.7 Å². The third-order valence-corrected chi connectivity index (χ3v) is 7.82. The maximum atomic E-state index is 14.0. The Morgan fingerprint density at radius 3 is 2.13 bits per heavy atom. The number of carbonyl (C=O) groups is 2. The highest BCUT2D eigenvalue weighted by molar-refractivity contribution is 7.92. The Hall–Kier alpha value is -3.36. The molecule has 0 aromatic heterocycles. The average Bonchev–Trinajstić information content (AvgIpc) is 2.89. The number of nitrogens with one attached hydrogen (secondary N) is 1. The largest absolute Gasteiger partial charge is 0.357 e.